The quantitative estimate of drug-likeness (QED) is 0.754. The summed E-state index contributed by atoms with van der Waals surface area (Å²) >= 11 is 0. The molecule has 0 atom stereocenters. The van der Waals surface area contributed by atoms with E-state index in [-0.39, 0.29) is 11.9 Å². The van der Waals surface area contributed by atoms with E-state index in [1.165, 1.54) is 0 Å². The Bertz CT molecular complexity index is 421. The Hall–Kier alpha value is -1.75. The molecule has 20 heavy (non-hydrogen) atoms. The SMILES string of the molecule is COc1cccc(N(CCCN)CC(=O)NC(C)C)c1. The number of ether oxygens (including phenoxy) is 1. The van der Waals surface area contributed by atoms with Gasteiger partial charge in [-0.15, -0.1) is 0 Å². The number of carbonyl (C=O) groups excluding carboxylic acids is 1. The molecule has 1 aromatic rings. The van der Waals surface area contributed by atoms with E-state index in [9.17, 15) is 4.79 Å². The highest BCUT2D eigenvalue weighted by Crippen LogP contribution is 2.20. The molecule has 1 rings (SSSR count). The van der Waals surface area contributed by atoms with Crippen LogP contribution in [0.3, 0.4) is 0 Å². The van der Waals surface area contributed by atoms with Gasteiger partial charge in [-0.1, -0.05) is 6.07 Å². The summed E-state index contributed by atoms with van der Waals surface area (Å²) in [5, 5.41) is 2.90. The molecule has 0 saturated heterocycles. The van der Waals surface area contributed by atoms with E-state index in [1.807, 2.05) is 43.0 Å². The minimum atomic E-state index is 0.0137. The molecule has 0 fully saturated rings. The average molecular weight is 279 g/mol. The van der Waals surface area contributed by atoms with Crippen LogP contribution in [0, 0.1) is 0 Å². The van der Waals surface area contributed by atoms with Crippen molar-refractivity contribution in [2.45, 2.75) is 26.3 Å². The second kappa shape index (κ2) is 8.43. The molecule has 0 unspecified atom stereocenters. The number of nitrogens with two attached hydrogens (primary N) is 1. The highest BCUT2D eigenvalue weighted by Gasteiger charge is 2.12. The number of nitrogens with one attached hydrogen (secondary N) is 1. The van der Waals surface area contributed by atoms with Crippen LogP contribution < -0.4 is 20.7 Å². The van der Waals surface area contributed by atoms with Gasteiger partial charge in [0, 0.05) is 24.3 Å². The summed E-state index contributed by atoms with van der Waals surface area (Å²) in [5.41, 5.74) is 6.54. The number of hydrogen-bond donors (Lipinski definition) is 2. The number of methoxy groups -OCH3 is 1. The first-order valence-corrected chi connectivity index (χ1v) is 6.95. The summed E-state index contributed by atoms with van der Waals surface area (Å²) in [5.74, 6) is 0.796. The zero-order valence-corrected chi connectivity index (χ0v) is 12.6. The van der Waals surface area contributed by atoms with Crippen molar-refractivity contribution in [3.05, 3.63) is 24.3 Å². The van der Waals surface area contributed by atoms with Gasteiger partial charge in [0.15, 0.2) is 0 Å². The Kier molecular flexibility index (Phi) is 6.87. The lowest BCUT2D eigenvalue weighted by Crippen LogP contribution is -2.40. The van der Waals surface area contributed by atoms with Crippen LogP contribution in [0.1, 0.15) is 20.3 Å². The van der Waals surface area contributed by atoms with Crippen molar-refractivity contribution >= 4 is 11.6 Å². The smallest absolute Gasteiger partial charge is 0.239 e. The Balaban J connectivity index is 2.79. The van der Waals surface area contributed by atoms with Crippen molar-refractivity contribution in [1.29, 1.82) is 0 Å². The minimum Gasteiger partial charge on any atom is -0.497 e. The van der Waals surface area contributed by atoms with Gasteiger partial charge >= 0.3 is 0 Å². The second-order valence-corrected chi connectivity index (χ2v) is 4.99. The highest BCUT2D eigenvalue weighted by molar-refractivity contribution is 5.81. The van der Waals surface area contributed by atoms with E-state index in [0.29, 0.717) is 13.1 Å². The minimum absolute atomic E-state index is 0.0137. The van der Waals surface area contributed by atoms with Crippen molar-refractivity contribution in [3.8, 4) is 5.75 Å². The molecule has 0 aliphatic heterocycles. The fraction of sp³-hybridized carbons (Fsp3) is 0.533. The van der Waals surface area contributed by atoms with Gasteiger partial charge in [0.1, 0.15) is 5.75 Å². The van der Waals surface area contributed by atoms with E-state index in [0.717, 1.165) is 24.4 Å². The summed E-state index contributed by atoms with van der Waals surface area (Å²) in [6.07, 6.45) is 0.839. The highest BCUT2D eigenvalue weighted by atomic mass is 16.5. The van der Waals surface area contributed by atoms with Crippen LogP contribution in [0.15, 0.2) is 24.3 Å². The van der Waals surface area contributed by atoms with E-state index in [1.54, 1.807) is 7.11 Å². The lowest BCUT2D eigenvalue weighted by Gasteiger charge is -2.25. The zero-order valence-electron chi connectivity index (χ0n) is 12.6. The molecule has 0 aromatic heterocycles. The third-order valence-corrected chi connectivity index (χ3v) is 2.83. The van der Waals surface area contributed by atoms with Crippen LogP contribution >= 0.6 is 0 Å². The molecule has 1 aromatic carbocycles. The summed E-state index contributed by atoms with van der Waals surface area (Å²) in [6.45, 7) is 5.58. The third kappa shape index (κ3) is 5.48. The van der Waals surface area contributed by atoms with Crippen LogP contribution in [0.5, 0.6) is 5.75 Å². The lowest BCUT2D eigenvalue weighted by atomic mass is 10.2. The first-order chi connectivity index (χ1) is 9.56. The number of anilines is 1. The molecule has 5 heteroatoms. The molecule has 0 aliphatic carbocycles. The summed E-state index contributed by atoms with van der Waals surface area (Å²) in [7, 11) is 1.63. The molecule has 5 nitrogen and oxygen atoms in total. The summed E-state index contributed by atoms with van der Waals surface area (Å²) in [4.78, 5) is 14.0. The predicted molar refractivity (Wildman–Crippen MR) is 82.2 cm³/mol. The monoisotopic (exact) mass is 279 g/mol. The van der Waals surface area contributed by atoms with E-state index >= 15 is 0 Å². The van der Waals surface area contributed by atoms with Crippen molar-refractivity contribution in [1.82, 2.24) is 5.32 Å². The maximum atomic E-state index is 11.9. The van der Waals surface area contributed by atoms with Gasteiger partial charge in [-0.05, 0) is 38.9 Å². The van der Waals surface area contributed by atoms with Crippen LogP contribution in [0.25, 0.3) is 0 Å². The first-order valence-electron chi connectivity index (χ1n) is 6.95. The third-order valence-electron chi connectivity index (χ3n) is 2.83. The van der Waals surface area contributed by atoms with Crippen molar-refractivity contribution < 1.29 is 9.53 Å². The normalized spacial score (nSPS) is 10.4. The lowest BCUT2D eigenvalue weighted by molar-refractivity contribution is -0.120. The maximum Gasteiger partial charge on any atom is 0.239 e. The van der Waals surface area contributed by atoms with Crippen molar-refractivity contribution in [2.75, 3.05) is 31.6 Å². The Morgan fingerprint density at radius 3 is 2.80 bits per heavy atom. The zero-order chi connectivity index (χ0) is 15.0. The number of amides is 1. The molecule has 0 radical (unpaired) electrons. The largest absolute Gasteiger partial charge is 0.497 e. The van der Waals surface area contributed by atoms with Crippen LogP contribution in [0.2, 0.25) is 0 Å². The molecule has 112 valence electrons. The molecule has 0 saturated carbocycles. The van der Waals surface area contributed by atoms with Gasteiger partial charge in [-0.3, -0.25) is 4.79 Å². The summed E-state index contributed by atoms with van der Waals surface area (Å²) < 4.78 is 5.23. The molecule has 0 heterocycles. The van der Waals surface area contributed by atoms with Crippen molar-refractivity contribution in [3.63, 3.8) is 0 Å². The van der Waals surface area contributed by atoms with Gasteiger partial charge in [0.25, 0.3) is 0 Å². The predicted octanol–water partition coefficient (Wildman–Crippen LogP) is 1.37. The molecule has 1 amide bonds. The fourth-order valence-electron chi connectivity index (χ4n) is 1.93. The molecule has 0 aliphatic rings. The van der Waals surface area contributed by atoms with Gasteiger partial charge in [0.05, 0.1) is 13.7 Å². The maximum absolute atomic E-state index is 11.9. The number of rotatable bonds is 8. The molecular weight excluding hydrogens is 254 g/mol. The van der Waals surface area contributed by atoms with Crippen molar-refractivity contribution in [2.24, 2.45) is 5.73 Å². The second-order valence-electron chi connectivity index (χ2n) is 4.99. The number of carbonyl (C=O) groups is 1. The van der Waals surface area contributed by atoms with E-state index in [4.69, 9.17) is 10.5 Å². The Morgan fingerprint density at radius 1 is 1.45 bits per heavy atom. The van der Waals surface area contributed by atoms with Gasteiger partial charge in [-0.25, -0.2) is 0 Å². The number of hydrogen-bond acceptors (Lipinski definition) is 4. The molecule has 0 bridgehead atoms. The summed E-state index contributed by atoms with van der Waals surface area (Å²) in [6, 6.07) is 7.85. The first kappa shape index (κ1) is 16.3. The van der Waals surface area contributed by atoms with Gasteiger partial charge in [-0.2, -0.15) is 0 Å². The molecule has 3 N–H and O–H groups in total. The van der Waals surface area contributed by atoms with Crippen LogP contribution in [-0.2, 0) is 4.79 Å². The number of nitrogens with zero attached hydrogens (tertiary/aromatic N) is 1. The number of benzene rings is 1. The average Bonchev–Trinajstić information content (AvgIpc) is 2.42. The standard InChI is InChI=1S/C15H25N3O2/c1-12(2)17-15(19)11-18(9-5-8-16)13-6-4-7-14(10-13)20-3/h4,6-7,10,12H,5,8-9,11,16H2,1-3H3,(H,17,19). The fourth-order valence-corrected chi connectivity index (χ4v) is 1.93. The van der Waals surface area contributed by atoms with Gasteiger partial charge in [0.2, 0.25) is 5.91 Å². The topological polar surface area (TPSA) is 67.6 Å². The molecular formula is C15H25N3O2. The van der Waals surface area contributed by atoms with Crippen LogP contribution in [0.4, 0.5) is 5.69 Å². The van der Waals surface area contributed by atoms with E-state index < -0.39 is 0 Å². The van der Waals surface area contributed by atoms with E-state index in [2.05, 4.69) is 5.32 Å². The van der Waals surface area contributed by atoms with Gasteiger partial charge < -0.3 is 20.7 Å². The van der Waals surface area contributed by atoms with Crippen LogP contribution in [-0.4, -0.2) is 38.7 Å². The Labute approximate surface area is 121 Å². The molecule has 0 spiro atoms. The Morgan fingerprint density at radius 2 is 2.20 bits per heavy atom.